The van der Waals surface area contributed by atoms with Crippen LogP contribution in [0.1, 0.15) is 31.1 Å². The first-order valence-corrected chi connectivity index (χ1v) is 6.30. The molecule has 0 spiro atoms. The number of carbonyl (C=O) groups is 1. The summed E-state index contributed by atoms with van der Waals surface area (Å²) in [6.07, 6.45) is 0. The number of anilines is 1. The zero-order valence-corrected chi connectivity index (χ0v) is 12.2. The maximum Gasteiger partial charge on any atom is 0.159 e. The molecule has 4 heteroatoms. The Morgan fingerprint density at radius 3 is 2.62 bits per heavy atom. The van der Waals surface area contributed by atoms with E-state index in [9.17, 15) is 4.79 Å². The fourth-order valence-corrected chi connectivity index (χ4v) is 1.66. The van der Waals surface area contributed by atoms with Crippen molar-refractivity contribution < 1.29 is 4.79 Å². The number of rotatable bonds is 4. The van der Waals surface area contributed by atoms with Crippen LogP contribution in [0.25, 0.3) is 0 Å². The van der Waals surface area contributed by atoms with E-state index in [0.717, 1.165) is 16.7 Å². The average molecular weight is 302 g/mol. The Bertz CT molecular complexity index is 398. The van der Waals surface area contributed by atoms with Crippen LogP contribution >= 0.6 is 28.6 Å². The lowest BCUT2D eigenvalue weighted by Crippen LogP contribution is -2.23. The molecule has 0 unspecified atom stereocenters. The normalized spacial score (nSPS) is 11.3. The molecular formula is C12H16BrNOS. The predicted octanol–water partition coefficient (Wildman–Crippen LogP) is 3.77. The van der Waals surface area contributed by atoms with Gasteiger partial charge in [-0.2, -0.15) is 12.6 Å². The molecule has 1 rings (SSSR count). The number of ketones is 1. The van der Waals surface area contributed by atoms with E-state index in [1.165, 1.54) is 0 Å². The third kappa shape index (κ3) is 4.18. The molecule has 0 heterocycles. The monoisotopic (exact) mass is 301 g/mol. The first kappa shape index (κ1) is 13.6. The number of carbonyl (C=O) groups excluding carboxylic acids is 1. The van der Waals surface area contributed by atoms with Gasteiger partial charge in [0.05, 0.1) is 0 Å². The summed E-state index contributed by atoms with van der Waals surface area (Å²) >= 11 is 7.89. The standard InChI is InChI=1S/C12H16BrNOS/c1-8(15)9-4-5-10(13)11(6-9)14-7-12(2,3)16/h4-6,14,16H,7H2,1-3H3. The quantitative estimate of drug-likeness (QED) is 0.655. The molecule has 0 aliphatic heterocycles. The average Bonchev–Trinajstić information content (AvgIpc) is 2.14. The van der Waals surface area contributed by atoms with Crippen LogP contribution in [0, 0.1) is 0 Å². The van der Waals surface area contributed by atoms with Gasteiger partial charge in [0.1, 0.15) is 0 Å². The Hall–Kier alpha value is -0.480. The maximum absolute atomic E-state index is 11.3. The summed E-state index contributed by atoms with van der Waals surface area (Å²) in [5.74, 6) is 0.0701. The third-order valence-corrected chi connectivity index (χ3v) is 2.93. The molecule has 0 atom stereocenters. The number of benzene rings is 1. The van der Waals surface area contributed by atoms with Gasteiger partial charge in [0.25, 0.3) is 0 Å². The van der Waals surface area contributed by atoms with Gasteiger partial charge in [0.15, 0.2) is 5.78 Å². The van der Waals surface area contributed by atoms with E-state index >= 15 is 0 Å². The van der Waals surface area contributed by atoms with Crippen molar-refractivity contribution in [1.82, 2.24) is 0 Å². The molecule has 0 bridgehead atoms. The summed E-state index contributed by atoms with van der Waals surface area (Å²) in [7, 11) is 0. The van der Waals surface area contributed by atoms with Crippen molar-refractivity contribution in [3.05, 3.63) is 28.2 Å². The van der Waals surface area contributed by atoms with Crippen LogP contribution in [0.4, 0.5) is 5.69 Å². The third-order valence-electron chi connectivity index (χ3n) is 2.08. The summed E-state index contributed by atoms with van der Waals surface area (Å²) < 4.78 is 0.862. The van der Waals surface area contributed by atoms with Gasteiger partial charge >= 0.3 is 0 Å². The number of thiol groups is 1. The summed E-state index contributed by atoms with van der Waals surface area (Å²) in [5, 5.41) is 3.27. The fourth-order valence-electron chi connectivity index (χ4n) is 1.19. The Kier molecular flexibility index (Phi) is 4.44. The lowest BCUT2D eigenvalue weighted by atomic mass is 10.1. The van der Waals surface area contributed by atoms with Gasteiger partial charge in [0, 0.05) is 27.0 Å². The highest BCUT2D eigenvalue weighted by molar-refractivity contribution is 9.10. The molecule has 1 aromatic rings. The van der Waals surface area contributed by atoms with E-state index in [4.69, 9.17) is 0 Å². The molecule has 0 saturated carbocycles. The van der Waals surface area contributed by atoms with Crippen LogP contribution in [0.5, 0.6) is 0 Å². The number of Topliss-reactive ketones (excluding diaryl/α,β-unsaturated/α-hetero) is 1. The van der Waals surface area contributed by atoms with Crippen LogP contribution < -0.4 is 5.32 Å². The second-order valence-electron chi connectivity index (χ2n) is 4.42. The largest absolute Gasteiger partial charge is 0.383 e. The summed E-state index contributed by atoms with van der Waals surface area (Å²) in [4.78, 5) is 11.3. The molecule has 1 aromatic carbocycles. The molecule has 0 aliphatic rings. The highest BCUT2D eigenvalue weighted by atomic mass is 79.9. The Morgan fingerprint density at radius 1 is 1.50 bits per heavy atom. The topological polar surface area (TPSA) is 29.1 Å². The van der Waals surface area contributed by atoms with Gasteiger partial charge in [-0.25, -0.2) is 0 Å². The highest BCUT2D eigenvalue weighted by Crippen LogP contribution is 2.25. The van der Waals surface area contributed by atoms with Crippen molar-refractivity contribution in [2.75, 3.05) is 11.9 Å². The lowest BCUT2D eigenvalue weighted by Gasteiger charge is -2.19. The van der Waals surface area contributed by atoms with E-state index in [1.54, 1.807) is 6.92 Å². The van der Waals surface area contributed by atoms with E-state index in [1.807, 2.05) is 32.0 Å². The van der Waals surface area contributed by atoms with Crippen molar-refractivity contribution in [3.8, 4) is 0 Å². The maximum atomic E-state index is 11.3. The van der Waals surface area contributed by atoms with E-state index < -0.39 is 0 Å². The zero-order chi connectivity index (χ0) is 12.3. The van der Waals surface area contributed by atoms with Crippen molar-refractivity contribution >= 4 is 40.0 Å². The zero-order valence-electron chi connectivity index (χ0n) is 9.67. The molecule has 0 amide bonds. The van der Waals surface area contributed by atoms with Gasteiger partial charge in [-0.05, 0) is 48.8 Å². The van der Waals surface area contributed by atoms with Gasteiger partial charge in [0.2, 0.25) is 0 Å². The van der Waals surface area contributed by atoms with Crippen LogP contribution in [0.2, 0.25) is 0 Å². The molecule has 16 heavy (non-hydrogen) atoms. The number of hydrogen-bond donors (Lipinski definition) is 2. The lowest BCUT2D eigenvalue weighted by molar-refractivity contribution is 0.101. The number of hydrogen-bond acceptors (Lipinski definition) is 3. The minimum Gasteiger partial charge on any atom is -0.383 e. The first-order valence-electron chi connectivity index (χ1n) is 5.06. The van der Waals surface area contributed by atoms with Crippen molar-refractivity contribution in [1.29, 1.82) is 0 Å². The van der Waals surface area contributed by atoms with E-state index in [-0.39, 0.29) is 10.5 Å². The Balaban J connectivity index is 2.86. The SMILES string of the molecule is CC(=O)c1ccc(Br)c(NCC(C)(C)S)c1. The summed E-state index contributed by atoms with van der Waals surface area (Å²) in [5.41, 5.74) is 1.64. The van der Waals surface area contributed by atoms with Crippen LogP contribution in [0.15, 0.2) is 22.7 Å². The fraction of sp³-hybridized carbons (Fsp3) is 0.417. The van der Waals surface area contributed by atoms with Crippen molar-refractivity contribution in [3.63, 3.8) is 0 Å². The van der Waals surface area contributed by atoms with Crippen molar-refractivity contribution in [2.45, 2.75) is 25.5 Å². The minimum atomic E-state index is -0.0916. The Morgan fingerprint density at radius 2 is 2.12 bits per heavy atom. The van der Waals surface area contributed by atoms with Crippen LogP contribution in [-0.2, 0) is 0 Å². The molecule has 2 nitrogen and oxygen atoms in total. The van der Waals surface area contributed by atoms with Crippen LogP contribution in [-0.4, -0.2) is 17.1 Å². The highest BCUT2D eigenvalue weighted by Gasteiger charge is 2.12. The molecular weight excluding hydrogens is 286 g/mol. The van der Waals surface area contributed by atoms with Gasteiger partial charge < -0.3 is 5.32 Å². The second-order valence-corrected chi connectivity index (χ2v) is 6.48. The summed E-state index contributed by atoms with van der Waals surface area (Å²) in [6.45, 7) is 6.36. The predicted molar refractivity (Wildman–Crippen MR) is 75.7 cm³/mol. The first-order chi connectivity index (χ1) is 7.29. The van der Waals surface area contributed by atoms with Gasteiger partial charge in [-0.3, -0.25) is 4.79 Å². The second kappa shape index (κ2) is 5.23. The molecule has 0 aromatic heterocycles. The molecule has 88 valence electrons. The van der Waals surface area contributed by atoms with E-state index in [2.05, 4.69) is 33.9 Å². The molecule has 0 saturated heterocycles. The number of nitrogens with one attached hydrogen (secondary N) is 1. The molecule has 0 radical (unpaired) electrons. The van der Waals surface area contributed by atoms with E-state index in [0.29, 0.717) is 5.56 Å². The Labute approximate surface area is 110 Å². The van der Waals surface area contributed by atoms with Gasteiger partial charge in [-0.15, -0.1) is 0 Å². The van der Waals surface area contributed by atoms with Crippen LogP contribution in [0.3, 0.4) is 0 Å². The molecule has 1 N–H and O–H groups in total. The van der Waals surface area contributed by atoms with Crippen molar-refractivity contribution in [2.24, 2.45) is 0 Å². The smallest absolute Gasteiger partial charge is 0.159 e. The minimum absolute atomic E-state index is 0.0701. The number of halogens is 1. The summed E-state index contributed by atoms with van der Waals surface area (Å²) in [6, 6.07) is 5.54. The molecule has 0 fully saturated rings. The van der Waals surface area contributed by atoms with Gasteiger partial charge in [-0.1, -0.05) is 6.07 Å². The molecule has 0 aliphatic carbocycles.